The second-order valence-corrected chi connectivity index (χ2v) is 6.20. The van der Waals surface area contributed by atoms with Gasteiger partial charge in [0.15, 0.2) is 0 Å². The zero-order valence-electron chi connectivity index (χ0n) is 13.5. The highest BCUT2D eigenvalue weighted by Gasteiger charge is 2.36. The number of nitrogens with zero attached hydrogens (tertiary/aromatic N) is 1. The maximum Gasteiger partial charge on any atom is 0.416 e. The van der Waals surface area contributed by atoms with Gasteiger partial charge in [0.2, 0.25) is 0 Å². The van der Waals surface area contributed by atoms with E-state index in [0.717, 1.165) is 16.8 Å². The maximum atomic E-state index is 13.2. The number of hydrogen-bond donors (Lipinski definition) is 1. The van der Waals surface area contributed by atoms with Crippen LogP contribution < -0.4 is 4.90 Å². The molecule has 132 valence electrons. The van der Waals surface area contributed by atoms with Gasteiger partial charge in [-0.2, -0.15) is 13.2 Å². The summed E-state index contributed by atoms with van der Waals surface area (Å²) in [7, 11) is 0. The summed E-state index contributed by atoms with van der Waals surface area (Å²) in [5, 5.41) is 12.1. The van der Waals surface area contributed by atoms with E-state index in [-0.39, 0.29) is 18.0 Å². The SMILES string of the molecule is O=C1c2cccc3cccc(c23)N1C[C@@H](O)c1ccccc1C(F)(F)F. The number of carbonyl (C=O) groups excluding carboxylic acids is 1. The first-order chi connectivity index (χ1) is 12.4. The lowest BCUT2D eigenvalue weighted by Gasteiger charge is -2.23. The molecule has 0 unspecified atom stereocenters. The van der Waals surface area contributed by atoms with Crippen LogP contribution in [0.1, 0.15) is 27.6 Å². The van der Waals surface area contributed by atoms with Crippen LogP contribution in [0.25, 0.3) is 10.8 Å². The molecule has 0 bridgehead atoms. The molecule has 4 rings (SSSR count). The average molecular weight is 357 g/mol. The molecule has 0 aromatic heterocycles. The third-order valence-electron chi connectivity index (χ3n) is 4.63. The molecule has 1 atom stereocenters. The second-order valence-electron chi connectivity index (χ2n) is 6.20. The Morgan fingerprint density at radius 2 is 1.65 bits per heavy atom. The molecule has 0 fully saturated rings. The molecule has 1 heterocycles. The number of alkyl halides is 3. The molecule has 0 aliphatic carbocycles. The van der Waals surface area contributed by atoms with Gasteiger partial charge in [-0.15, -0.1) is 0 Å². The number of aliphatic hydroxyl groups excluding tert-OH is 1. The lowest BCUT2D eigenvalue weighted by atomic mass is 10.0. The van der Waals surface area contributed by atoms with E-state index in [9.17, 15) is 23.1 Å². The number of halogens is 3. The smallest absolute Gasteiger partial charge is 0.387 e. The Balaban J connectivity index is 1.72. The molecular formula is C20H14F3NO2. The van der Waals surface area contributed by atoms with Gasteiger partial charge in [-0.25, -0.2) is 0 Å². The topological polar surface area (TPSA) is 40.5 Å². The molecule has 1 amide bonds. The van der Waals surface area contributed by atoms with E-state index < -0.39 is 17.8 Å². The fraction of sp³-hybridized carbons (Fsp3) is 0.150. The lowest BCUT2D eigenvalue weighted by Crippen LogP contribution is -2.32. The molecule has 0 radical (unpaired) electrons. The largest absolute Gasteiger partial charge is 0.416 e. The van der Waals surface area contributed by atoms with Crippen LogP contribution in [0.3, 0.4) is 0 Å². The summed E-state index contributed by atoms with van der Waals surface area (Å²) in [6.45, 7) is -0.250. The molecule has 1 aliphatic rings. The summed E-state index contributed by atoms with van der Waals surface area (Å²) in [6, 6.07) is 15.6. The van der Waals surface area contributed by atoms with Crippen molar-refractivity contribution in [1.29, 1.82) is 0 Å². The molecule has 3 aromatic rings. The normalized spacial score (nSPS) is 14.9. The summed E-state index contributed by atoms with van der Waals surface area (Å²) in [5.74, 6) is -0.319. The van der Waals surface area contributed by atoms with Gasteiger partial charge in [0.05, 0.1) is 23.9 Å². The zero-order valence-corrected chi connectivity index (χ0v) is 13.5. The van der Waals surface area contributed by atoms with Crippen LogP contribution in [0, 0.1) is 0 Å². The Morgan fingerprint density at radius 3 is 2.38 bits per heavy atom. The first-order valence-corrected chi connectivity index (χ1v) is 8.06. The lowest BCUT2D eigenvalue weighted by molar-refractivity contribution is -0.139. The van der Waals surface area contributed by atoms with Crippen LogP contribution in [0.4, 0.5) is 18.9 Å². The predicted octanol–water partition coefficient (Wildman–Crippen LogP) is 4.55. The van der Waals surface area contributed by atoms with Crippen molar-refractivity contribution in [2.45, 2.75) is 12.3 Å². The number of hydrogen-bond acceptors (Lipinski definition) is 2. The van der Waals surface area contributed by atoms with Crippen LogP contribution in [-0.2, 0) is 6.18 Å². The Kier molecular flexibility index (Phi) is 3.73. The van der Waals surface area contributed by atoms with E-state index in [4.69, 9.17) is 0 Å². The summed E-state index contributed by atoms with van der Waals surface area (Å²) in [5.41, 5.74) is -0.0353. The van der Waals surface area contributed by atoms with Gasteiger partial charge in [0.25, 0.3) is 5.91 Å². The van der Waals surface area contributed by atoms with Crippen LogP contribution >= 0.6 is 0 Å². The Morgan fingerprint density at radius 1 is 0.962 bits per heavy atom. The highest BCUT2D eigenvalue weighted by Crippen LogP contribution is 2.39. The van der Waals surface area contributed by atoms with Crippen LogP contribution in [0.15, 0.2) is 60.7 Å². The number of rotatable bonds is 3. The first kappa shape index (κ1) is 16.6. The molecule has 6 heteroatoms. The van der Waals surface area contributed by atoms with Gasteiger partial charge in [-0.3, -0.25) is 4.79 Å². The Bertz CT molecular complexity index is 1010. The number of aliphatic hydroxyl groups is 1. The van der Waals surface area contributed by atoms with Crippen LogP contribution in [0.5, 0.6) is 0 Å². The van der Waals surface area contributed by atoms with E-state index in [1.165, 1.54) is 23.1 Å². The van der Waals surface area contributed by atoms with E-state index in [1.54, 1.807) is 24.3 Å². The molecule has 3 nitrogen and oxygen atoms in total. The molecule has 0 saturated heterocycles. The van der Waals surface area contributed by atoms with Crippen molar-refractivity contribution in [3.05, 3.63) is 77.4 Å². The van der Waals surface area contributed by atoms with E-state index in [0.29, 0.717) is 11.3 Å². The fourth-order valence-corrected chi connectivity index (χ4v) is 3.48. The summed E-state index contributed by atoms with van der Waals surface area (Å²) in [6.07, 6.45) is -6.03. The maximum absolute atomic E-state index is 13.2. The summed E-state index contributed by atoms with van der Waals surface area (Å²) in [4.78, 5) is 14.1. The molecule has 1 aliphatic heterocycles. The van der Waals surface area contributed by atoms with Gasteiger partial charge in [-0.05, 0) is 29.1 Å². The molecular weight excluding hydrogens is 343 g/mol. The van der Waals surface area contributed by atoms with E-state index in [2.05, 4.69) is 0 Å². The van der Waals surface area contributed by atoms with Gasteiger partial charge >= 0.3 is 6.18 Å². The van der Waals surface area contributed by atoms with Crippen molar-refractivity contribution < 1.29 is 23.1 Å². The third-order valence-corrected chi connectivity index (χ3v) is 4.63. The Hall–Kier alpha value is -2.86. The fourth-order valence-electron chi connectivity index (χ4n) is 3.48. The number of anilines is 1. The molecule has 0 saturated carbocycles. The molecule has 0 spiro atoms. The minimum Gasteiger partial charge on any atom is -0.387 e. The summed E-state index contributed by atoms with van der Waals surface area (Å²) < 4.78 is 39.6. The molecule has 3 aromatic carbocycles. The minimum atomic E-state index is -4.57. The van der Waals surface area contributed by atoms with E-state index >= 15 is 0 Å². The summed E-state index contributed by atoms with van der Waals surface area (Å²) >= 11 is 0. The minimum absolute atomic E-state index is 0.240. The number of benzene rings is 3. The van der Waals surface area contributed by atoms with E-state index in [1.807, 2.05) is 12.1 Å². The van der Waals surface area contributed by atoms with Crippen molar-refractivity contribution in [3.63, 3.8) is 0 Å². The monoisotopic (exact) mass is 357 g/mol. The van der Waals surface area contributed by atoms with Crippen LogP contribution in [-0.4, -0.2) is 17.6 Å². The quantitative estimate of drug-likeness (QED) is 0.747. The number of β-amino-alcohol motifs (C(OH)–C–C–N with tert-alkyl or cyclic N) is 1. The zero-order chi connectivity index (χ0) is 18.5. The van der Waals surface area contributed by atoms with Crippen molar-refractivity contribution >= 4 is 22.4 Å². The third kappa shape index (κ3) is 2.54. The predicted molar refractivity (Wildman–Crippen MR) is 92.0 cm³/mol. The van der Waals surface area contributed by atoms with Crippen molar-refractivity contribution in [1.82, 2.24) is 0 Å². The highest BCUT2D eigenvalue weighted by atomic mass is 19.4. The van der Waals surface area contributed by atoms with Gasteiger partial charge in [-0.1, -0.05) is 42.5 Å². The van der Waals surface area contributed by atoms with Crippen molar-refractivity contribution in [2.75, 3.05) is 11.4 Å². The number of amides is 1. The first-order valence-electron chi connectivity index (χ1n) is 8.06. The van der Waals surface area contributed by atoms with Crippen molar-refractivity contribution in [2.24, 2.45) is 0 Å². The van der Waals surface area contributed by atoms with Gasteiger partial charge in [0.1, 0.15) is 0 Å². The van der Waals surface area contributed by atoms with Gasteiger partial charge in [0, 0.05) is 10.9 Å². The average Bonchev–Trinajstić information content (AvgIpc) is 2.89. The highest BCUT2D eigenvalue weighted by molar-refractivity contribution is 6.25. The Labute approximate surface area is 147 Å². The molecule has 26 heavy (non-hydrogen) atoms. The van der Waals surface area contributed by atoms with Gasteiger partial charge < -0.3 is 10.0 Å². The van der Waals surface area contributed by atoms with Crippen LogP contribution in [0.2, 0.25) is 0 Å². The molecule has 1 N–H and O–H groups in total. The van der Waals surface area contributed by atoms with Crippen molar-refractivity contribution in [3.8, 4) is 0 Å². The second kappa shape index (κ2) is 5.85. The standard InChI is InChI=1S/C20H14F3NO2/c21-20(22,23)15-9-2-1-7-13(15)17(25)11-24-16-10-4-6-12-5-3-8-14(18(12)16)19(24)26/h1-10,17,25H,11H2/t17-/m1/s1. The number of carbonyl (C=O) groups is 1.